The Labute approximate surface area is 185 Å². The van der Waals surface area contributed by atoms with E-state index in [9.17, 15) is 13.2 Å². The molecule has 0 amide bonds. The minimum absolute atomic E-state index is 0.0336. The van der Waals surface area contributed by atoms with Crippen molar-refractivity contribution in [2.24, 2.45) is 0 Å². The highest BCUT2D eigenvalue weighted by atomic mass is 19.2. The van der Waals surface area contributed by atoms with E-state index in [1.807, 2.05) is 43.3 Å². The van der Waals surface area contributed by atoms with Crippen LogP contribution in [0.4, 0.5) is 13.2 Å². The number of hydrogen-bond acceptors (Lipinski definition) is 1. The van der Waals surface area contributed by atoms with Gasteiger partial charge < -0.3 is 4.74 Å². The Balaban J connectivity index is 1.42. The lowest BCUT2D eigenvalue weighted by Gasteiger charge is -2.05. The second-order valence-corrected chi connectivity index (χ2v) is 7.45. The molecule has 0 fully saturated rings. The average Bonchev–Trinajstić information content (AvgIpc) is 2.81. The smallest absolute Gasteiger partial charge is 0.195 e. The van der Waals surface area contributed by atoms with Crippen molar-refractivity contribution in [2.75, 3.05) is 6.61 Å². The van der Waals surface area contributed by atoms with E-state index in [1.165, 1.54) is 17.2 Å². The molecule has 4 aromatic carbocycles. The quantitative estimate of drug-likeness (QED) is 0.249. The van der Waals surface area contributed by atoms with E-state index < -0.39 is 17.5 Å². The minimum atomic E-state index is -1.46. The van der Waals surface area contributed by atoms with Crippen LogP contribution < -0.4 is 4.74 Å². The molecule has 4 rings (SSSR count). The van der Waals surface area contributed by atoms with Crippen molar-refractivity contribution in [3.8, 4) is 17.6 Å². The van der Waals surface area contributed by atoms with Gasteiger partial charge in [0.25, 0.3) is 0 Å². The Hall–Kier alpha value is -3.71. The fraction of sp³-hybridized carbons (Fsp3) is 0.143. The van der Waals surface area contributed by atoms with Gasteiger partial charge in [0.15, 0.2) is 17.5 Å². The highest BCUT2D eigenvalue weighted by molar-refractivity contribution is 5.84. The van der Waals surface area contributed by atoms with Crippen LogP contribution in [-0.4, -0.2) is 6.61 Å². The summed E-state index contributed by atoms with van der Waals surface area (Å²) in [4.78, 5) is 0. The molecule has 0 bridgehead atoms. The summed E-state index contributed by atoms with van der Waals surface area (Å²) in [5.41, 5.74) is 3.90. The lowest BCUT2D eigenvalue weighted by molar-refractivity contribution is 0.340. The zero-order chi connectivity index (χ0) is 22.5. The summed E-state index contributed by atoms with van der Waals surface area (Å²) in [6.45, 7) is 2.63. The monoisotopic (exact) mass is 430 g/mol. The molecule has 160 valence electrons. The van der Waals surface area contributed by atoms with Gasteiger partial charge in [-0.2, -0.15) is 0 Å². The Morgan fingerprint density at radius 2 is 1.28 bits per heavy atom. The van der Waals surface area contributed by atoms with Crippen LogP contribution in [-0.2, 0) is 12.8 Å². The number of aryl methyl sites for hydroxylation is 2. The van der Waals surface area contributed by atoms with Crippen LogP contribution in [0.2, 0.25) is 0 Å². The van der Waals surface area contributed by atoms with Crippen LogP contribution in [0.1, 0.15) is 29.2 Å². The van der Waals surface area contributed by atoms with Crippen LogP contribution in [0.25, 0.3) is 10.8 Å². The van der Waals surface area contributed by atoms with Gasteiger partial charge in [0, 0.05) is 16.5 Å². The van der Waals surface area contributed by atoms with Crippen molar-refractivity contribution in [1.82, 2.24) is 0 Å². The molecule has 4 aromatic rings. The summed E-state index contributed by atoms with van der Waals surface area (Å²) in [7, 11) is 0. The van der Waals surface area contributed by atoms with Crippen LogP contribution in [0.5, 0.6) is 5.75 Å². The predicted octanol–water partition coefficient (Wildman–Crippen LogP) is 6.84. The summed E-state index contributed by atoms with van der Waals surface area (Å²) in [5.74, 6) is 3.09. The number of fused-ring (bicyclic) bond motifs is 1. The standard InChI is InChI=1S/C28H21F3O/c1-2-32-24-14-11-21(12-15-24)8-7-19-3-5-20(6-4-19)9-10-22-13-16-25-23(17-22)18-26(29)28(31)27(25)30/h3-6,11-18H,2,7-8H2,1H3. The van der Waals surface area contributed by atoms with E-state index in [2.05, 4.69) is 24.0 Å². The second-order valence-electron chi connectivity index (χ2n) is 7.45. The molecule has 0 saturated carbocycles. The molecule has 0 unspecified atom stereocenters. The van der Waals surface area contributed by atoms with Gasteiger partial charge in [0.1, 0.15) is 5.75 Å². The van der Waals surface area contributed by atoms with Crippen molar-refractivity contribution in [3.05, 3.63) is 113 Å². The van der Waals surface area contributed by atoms with Gasteiger partial charge in [-0.3, -0.25) is 0 Å². The maximum absolute atomic E-state index is 13.8. The van der Waals surface area contributed by atoms with Crippen LogP contribution in [0.3, 0.4) is 0 Å². The highest BCUT2D eigenvalue weighted by Gasteiger charge is 2.13. The lowest BCUT2D eigenvalue weighted by atomic mass is 10.0. The normalized spacial score (nSPS) is 10.6. The summed E-state index contributed by atoms with van der Waals surface area (Å²) in [6.07, 6.45) is 1.85. The topological polar surface area (TPSA) is 9.23 Å². The first-order chi connectivity index (χ1) is 15.5. The third-order valence-corrected chi connectivity index (χ3v) is 5.21. The molecule has 32 heavy (non-hydrogen) atoms. The molecule has 0 spiro atoms. The van der Waals surface area contributed by atoms with Crippen molar-refractivity contribution < 1.29 is 17.9 Å². The Morgan fingerprint density at radius 3 is 1.94 bits per heavy atom. The van der Waals surface area contributed by atoms with Crippen LogP contribution >= 0.6 is 0 Å². The molecule has 0 heterocycles. The van der Waals surface area contributed by atoms with Gasteiger partial charge in [0.05, 0.1) is 6.61 Å². The molecule has 0 radical (unpaired) electrons. The zero-order valence-electron chi connectivity index (χ0n) is 17.6. The molecule has 0 N–H and O–H groups in total. The number of hydrogen-bond donors (Lipinski definition) is 0. The molecule has 4 heteroatoms. The molecule has 0 atom stereocenters. The molecule has 0 aliphatic heterocycles. The molecule has 0 aromatic heterocycles. The lowest BCUT2D eigenvalue weighted by Crippen LogP contribution is -1.94. The fourth-order valence-corrected chi connectivity index (χ4v) is 3.49. The third kappa shape index (κ3) is 4.95. The predicted molar refractivity (Wildman–Crippen MR) is 121 cm³/mol. The van der Waals surface area contributed by atoms with Crippen molar-refractivity contribution in [2.45, 2.75) is 19.8 Å². The van der Waals surface area contributed by atoms with E-state index in [0.29, 0.717) is 12.2 Å². The maximum atomic E-state index is 13.8. The van der Waals surface area contributed by atoms with Crippen LogP contribution in [0.15, 0.2) is 72.8 Å². The molecule has 0 aliphatic rings. The van der Waals surface area contributed by atoms with Gasteiger partial charge in [0.2, 0.25) is 0 Å². The summed E-state index contributed by atoms with van der Waals surface area (Å²) in [5, 5.41) is 0.309. The largest absolute Gasteiger partial charge is 0.494 e. The van der Waals surface area contributed by atoms with Crippen molar-refractivity contribution in [1.29, 1.82) is 0 Å². The van der Waals surface area contributed by atoms with E-state index >= 15 is 0 Å². The molecular weight excluding hydrogens is 409 g/mol. The van der Waals surface area contributed by atoms with E-state index in [-0.39, 0.29) is 10.8 Å². The zero-order valence-corrected chi connectivity index (χ0v) is 17.6. The van der Waals surface area contributed by atoms with Gasteiger partial charge in [-0.25, -0.2) is 13.2 Å². The van der Waals surface area contributed by atoms with E-state index in [0.717, 1.165) is 30.2 Å². The Bertz CT molecular complexity index is 1300. The summed E-state index contributed by atoms with van der Waals surface area (Å²) < 4.78 is 46.2. The highest BCUT2D eigenvalue weighted by Crippen LogP contribution is 2.24. The molecule has 0 saturated heterocycles. The fourth-order valence-electron chi connectivity index (χ4n) is 3.49. The van der Waals surface area contributed by atoms with Gasteiger partial charge in [-0.05, 0) is 78.7 Å². The first-order valence-electron chi connectivity index (χ1n) is 10.4. The first-order valence-corrected chi connectivity index (χ1v) is 10.4. The van der Waals surface area contributed by atoms with Gasteiger partial charge in [-0.15, -0.1) is 0 Å². The Morgan fingerprint density at radius 1 is 0.688 bits per heavy atom. The minimum Gasteiger partial charge on any atom is -0.494 e. The van der Waals surface area contributed by atoms with Crippen molar-refractivity contribution >= 4 is 10.8 Å². The Kier molecular flexibility index (Phi) is 6.47. The average molecular weight is 430 g/mol. The molecular formula is C28H21F3O. The molecule has 1 nitrogen and oxygen atoms in total. The van der Waals surface area contributed by atoms with E-state index in [1.54, 1.807) is 12.1 Å². The van der Waals surface area contributed by atoms with Crippen LogP contribution in [0, 0.1) is 29.3 Å². The number of rotatable bonds is 5. The first kappa shape index (κ1) is 21.5. The third-order valence-electron chi connectivity index (χ3n) is 5.21. The summed E-state index contributed by atoms with van der Waals surface area (Å²) >= 11 is 0. The second kappa shape index (κ2) is 9.62. The maximum Gasteiger partial charge on any atom is 0.195 e. The van der Waals surface area contributed by atoms with E-state index in [4.69, 9.17) is 4.74 Å². The number of ether oxygens (including phenoxy) is 1. The molecule has 0 aliphatic carbocycles. The van der Waals surface area contributed by atoms with Gasteiger partial charge >= 0.3 is 0 Å². The number of benzene rings is 4. The van der Waals surface area contributed by atoms with Crippen molar-refractivity contribution in [3.63, 3.8) is 0 Å². The summed E-state index contributed by atoms with van der Waals surface area (Å²) in [6, 6.07) is 21.7. The SMILES string of the molecule is CCOc1ccc(CCc2ccc(C#Cc3ccc4c(F)c(F)c(F)cc4c3)cc2)cc1. The van der Waals surface area contributed by atoms with Gasteiger partial charge in [-0.1, -0.05) is 42.2 Å². The number of halogens is 3.